The molecular formula is C15H16N4. The van der Waals surface area contributed by atoms with Crippen LogP contribution in [0.25, 0.3) is 11.0 Å². The van der Waals surface area contributed by atoms with E-state index in [-0.39, 0.29) is 0 Å². The Kier molecular flexibility index (Phi) is 3.16. The minimum absolute atomic E-state index is 0.804. The molecule has 2 aromatic carbocycles. The number of nitrogens with two attached hydrogens (primary N) is 1. The number of aromatic amines is 1. The Labute approximate surface area is 111 Å². The van der Waals surface area contributed by atoms with E-state index < -0.39 is 0 Å². The van der Waals surface area contributed by atoms with Gasteiger partial charge in [-0.3, -0.25) is 0 Å². The zero-order chi connectivity index (χ0) is 13.1. The lowest BCUT2D eigenvalue weighted by Crippen LogP contribution is -2.12. The highest BCUT2D eigenvalue weighted by Gasteiger charge is 1.99. The highest BCUT2D eigenvalue weighted by Crippen LogP contribution is 2.12. The third-order valence-electron chi connectivity index (χ3n) is 3.09. The van der Waals surface area contributed by atoms with Crippen molar-refractivity contribution >= 4 is 16.7 Å². The number of H-pyrrole nitrogens is 1. The number of imidazole rings is 1. The molecule has 0 amide bonds. The molecule has 0 aliphatic carbocycles. The summed E-state index contributed by atoms with van der Waals surface area (Å²) in [7, 11) is 0. The highest BCUT2D eigenvalue weighted by atomic mass is 14.9. The average Bonchev–Trinajstić information content (AvgIpc) is 2.86. The van der Waals surface area contributed by atoms with Gasteiger partial charge >= 0.3 is 0 Å². The number of rotatable bonds is 4. The van der Waals surface area contributed by atoms with E-state index in [0.29, 0.717) is 0 Å². The number of aromatic nitrogens is 2. The Morgan fingerprint density at radius 3 is 2.74 bits per heavy atom. The monoisotopic (exact) mass is 252 g/mol. The molecule has 4 heteroatoms. The summed E-state index contributed by atoms with van der Waals surface area (Å²) >= 11 is 0. The number of benzene rings is 2. The summed E-state index contributed by atoms with van der Waals surface area (Å²) in [5.74, 6) is 0. The second-order valence-electron chi connectivity index (χ2n) is 4.60. The molecule has 0 spiro atoms. The van der Waals surface area contributed by atoms with Gasteiger partial charge in [-0.2, -0.15) is 0 Å². The van der Waals surface area contributed by atoms with Crippen LogP contribution in [0.4, 0.5) is 5.69 Å². The third-order valence-corrected chi connectivity index (χ3v) is 3.09. The summed E-state index contributed by atoms with van der Waals surface area (Å²) < 4.78 is 0. The number of nitrogens with one attached hydrogen (secondary N) is 2. The number of anilines is 1. The molecule has 4 N–H and O–H groups in total. The van der Waals surface area contributed by atoms with Crippen molar-refractivity contribution in [2.45, 2.75) is 13.1 Å². The van der Waals surface area contributed by atoms with E-state index in [2.05, 4.69) is 33.5 Å². The minimum atomic E-state index is 0.804. The molecule has 3 aromatic rings. The molecule has 0 saturated heterocycles. The normalized spacial score (nSPS) is 10.9. The first kappa shape index (κ1) is 11.7. The molecule has 0 aliphatic heterocycles. The van der Waals surface area contributed by atoms with Crippen LogP contribution in [0, 0.1) is 0 Å². The lowest BCUT2D eigenvalue weighted by molar-refractivity contribution is 0.694. The predicted octanol–water partition coefficient (Wildman–Crippen LogP) is 2.43. The van der Waals surface area contributed by atoms with Crippen LogP contribution in [0.2, 0.25) is 0 Å². The van der Waals surface area contributed by atoms with E-state index in [1.54, 1.807) is 6.33 Å². The quantitative estimate of drug-likeness (QED) is 0.625. The van der Waals surface area contributed by atoms with Gasteiger partial charge in [-0.1, -0.05) is 18.2 Å². The first-order chi connectivity index (χ1) is 9.31. The molecule has 4 nitrogen and oxygen atoms in total. The predicted molar refractivity (Wildman–Crippen MR) is 77.5 cm³/mol. The average molecular weight is 252 g/mol. The van der Waals surface area contributed by atoms with E-state index in [9.17, 15) is 0 Å². The van der Waals surface area contributed by atoms with Crippen molar-refractivity contribution in [2.75, 3.05) is 5.73 Å². The van der Waals surface area contributed by atoms with Crippen LogP contribution in [0.5, 0.6) is 0 Å². The molecule has 0 atom stereocenters. The van der Waals surface area contributed by atoms with E-state index in [1.807, 2.05) is 24.3 Å². The first-order valence-electron chi connectivity index (χ1n) is 6.28. The molecule has 0 radical (unpaired) electrons. The number of fused-ring (bicyclic) bond motifs is 1. The van der Waals surface area contributed by atoms with Crippen molar-refractivity contribution in [1.82, 2.24) is 15.3 Å². The first-order valence-corrected chi connectivity index (χ1v) is 6.28. The van der Waals surface area contributed by atoms with Crippen LogP contribution in [0.15, 0.2) is 48.8 Å². The molecule has 0 fully saturated rings. The summed E-state index contributed by atoms with van der Waals surface area (Å²) in [5, 5.41) is 3.41. The van der Waals surface area contributed by atoms with E-state index in [1.165, 1.54) is 11.1 Å². The molecule has 96 valence electrons. The Morgan fingerprint density at radius 1 is 1.05 bits per heavy atom. The van der Waals surface area contributed by atoms with Crippen molar-refractivity contribution in [1.29, 1.82) is 0 Å². The van der Waals surface area contributed by atoms with Gasteiger partial charge in [0.1, 0.15) is 0 Å². The minimum Gasteiger partial charge on any atom is -0.399 e. The Bertz CT molecular complexity index is 687. The second kappa shape index (κ2) is 5.12. The van der Waals surface area contributed by atoms with Gasteiger partial charge in [-0.25, -0.2) is 4.98 Å². The van der Waals surface area contributed by atoms with Gasteiger partial charge in [0.15, 0.2) is 0 Å². The number of hydrogen-bond acceptors (Lipinski definition) is 3. The molecule has 0 unspecified atom stereocenters. The molecule has 1 aromatic heterocycles. The zero-order valence-corrected chi connectivity index (χ0v) is 10.6. The molecule has 19 heavy (non-hydrogen) atoms. The van der Waals surface area contributed by atoms with Crippen molar-refractivity contribution in [3.05, 3.63) is 59.9 Å². The molecule has 0 bridgehead atoms. The van der Waals surface area contributed by atoms with Crippen molar-refractivity contribution in [3.8, 4) is 0 Å². The number of nitrogens with zero attached hydrogens (tertiary/aromatic N) is 1. The van der Waals surface area contributed by atoms with Crippen molar-refractivity contribution in [3.63, 3.8) is 0 Å². The second-order valence-corrected chi connectivity index (χ2v) is 4.60. The van der Waals surface area contributed by atoms with Gasteiger partial charge in [0.25, 0.3) is 0 Å². The van der Waals surface area contributed by atoms with E-state index >= 15 is 0 Å². The summed E-state index contributed by atoms with van der Waals surface area (Å²) in [5.41, 5.74) is 11.1. The summed E-state index contributed by atoms with van der Waals surface area (Å²) in [6.45, 7) is 1.63. The standard InChI is InChI=1S/C15H16N4/c16-13-3-1-2-11(6-13)8-17-9-12-4-5-14-15(7-12)19-10-18-14/h1-7,10,17H,8-9,16H2,(H,18,19). The van der Waals surface area contributed by atoms with Crippen LogP contribution in [0.1, 0.15) is 11.1 Å². The number of nitrogen functional groups attached to an aromatic ring is 1. The van der Waals surface area contributed by atoms with Gasteiger partial charge in [0.05, 0.1) is 17.4 Å². The third kappa shape index (κ3) is 2.74. The Balaban J connectivity index is 1.62. The maximum atomic E-state index is 5.75. The van der Waals surface area contributed by atoms with Gasteiger partial charge in [-0.15, -0.1) is 0 Å². The van der Waals surface area contributed by atoms with Crippen molar-refractivity contribution in [2.24, 2.45) is 0 Å². The summed E-state index contributed by atoms with van der Waals surface area (Å²) in [6.07, 6.45) is 1.72. The van der Waals surface area contributed by atoms with Crippen LogP contribution in [-0.4, -0.2) is 9.97 Å². The fraction of sp³-hybridized carbons (Fsp3) is 0.133. The lowest BCUT2D eigenvalue weighted by Gasteiger charge is -2.06. The van der Waals surface area contributed by atoms with Crippen LogP contribution in [0.3, 0.4) is 0 Å². The fourth-order valence-electron chi connectivity index (χ4n) is 2.15. The highest BCUT2D eigenvalue weighted by molar-refractivity contribution is 5.74. The van der Waals surface area contributed by atoms with Gasteiger partial charge in [-0.05, 0) is 35.4 Å². The number of hydrogen-bond donors (Lipinski definition) is 3. The van der Waals surface area contributed by atoms with Crippen LogP contribution in [-0.2, 0) is 13.1 Å². The molecular weight excluding hydrogens is 236 g/mol. The van der Waals surface area contributed by atoms with E-state index in [4.69, 9.17) is 5.73 Å². The largest absolute Gasteiger partial charge is 0.399 e. The summed E-state index contributed by atoms with van der Waals surface area (Å²) in [6, 6.07) is 14.2. The van der Waals surface area contributed by atoms with Gasteiger partial charge in [0, 0.05) is 18.8 Å². The molecule has 1 heterocycles. The zero-order valence-electron chi connectivity index (χ0n) is 10.6. The van der Waals surface area contributed by atoms with Gasteiger partial charge in [0.2, 0.25) is 0 Å². The van der Waals surface area contributed by atoms with E-state index in [0.717, 1.165) is 29.8 Å². The maximum absolute atomic E-state index is 5.75. The van der Waals surface area contributed by atoms with Crippen LogP contribution >= 0.6 is 0 Å². The van der Waals surface area contributed by atoms with Gasteiger partial charge < -0.3 is 16.0 Å². The molecule has 0 aliphatic rings. The van der Waals surface area contributed by atoms with Crippen LogP contribution < -0.4 is 11.1 Å². The maximum Gasteiger partial charge on any atom is 0.0931 e. The molecule has 3 rings (SSSR count). The smallest absolute Gasteiger partial charge is 0.0931 e. The summed E-state index contributed by atoms with van der Waals surface area (Å²) in [4.78, 5) is 7.33. The topological polar surface area (TPSA) is 66.7 Å². The SMILES string of the molecule is Nc1cccc(CNCc2ccc3nc[nH]c3c2)c1. The molecule has 0 saturated carbocycles. The lowest BCUT2D eigenvalue weighted by atomic mass is 10.1. The Morgan fingerprint density at radius 2 is 1.89 bits per heavy atom. The van der Waals surface area contributed by atoms with Crippen molar-refractivity contribution < 1.29 is 0 Å². The fourth-order valence-corrected chi connectivity index (χ4v) is 2.15. The Hall–Kier alpha value is -2.33.